The van der Waals surface area contributed by atoms with E-state index in [1.54, 1.807) is 12.4 Å². The zero-order chi connectivity index (χ0) is 14.2. The lowest BCUT2D eigenvalue weighted by Gasteiger charge is -2.14. The van der Waals surface area contributed by atoms with Gasteiger partial charge in [0.1, 0.15) is 0 Å². The first-order valence-electron chi connectivity index (χ1n) is 7.34. The molecule has 1 saturated heterocycles. The Hall–Kier alpha value is -2.24. The van der Waals surface area contributed by atoms with Crippen molar-refractivity contribution in [1.82, 2.24) is 20.0 Å². The summed E-state index contributed by atoms with van der Waals surface area (Å²) >= 11 is 0. The molecule has 2 aliphatic rings. The average molecular weight is 284 g/mol. The molecule has 0 spiro atoms. The lowest BCUT2D eigenvalue weighted by atomic mass is 10.1. The fourth-order valence-electron chi connectivity index (χ4n) is 2.77. The maximum atomic E-state index is 12.1. The molecule has 21 heavy (non-hydrogen) atoms. The van der Waals surface area contributed by atoms with Crippen molar-refractivity contribution in [2.75, 3.05) is 13.1 Å². The van der Waals surface area contributed by atoms with Crippen molar-refractivity contribution in [3.63, 3.8) is 0 Å². The van der Waals surface area contributed by atoms with Crippen LogP contribution in [0.2, 0.25) is 0 Å². The number of amides is 1. The topological polar surface area (TPSA) is 72.1 Å². The first-order chi connectivity index (χ1) is 10.3. The van der Waals surface area contributed by atoms with E-state index in [2.05, 4.69) is 15.1 Å². The van der Waals surface area contributed by atoms with Crippen LogP contribution in [0.3, 0.4) is 0 Å². The van der Waals surface area contributed by atoms with E-state index in [0.29, 0.717) is 24.2 Å². The van der Waals surface area contributed by atoms with E-state index in [1.807, 2.05) is 17.0 Å². The molecule has 0 aromatic carbocycles. The molecule has 4 rings (SSSR count). The molecule has 2 fully saturated rings. The summed E-state index contributed by atoms with van der Waals surface area (Å²) in [6.45, 7) is 1.51. The largest absolute Gasteiger partial charge is 0.342 e. The number of pyridine rings is 1. The number of likely N-dealkylation sites (tertiary alicyclic amines) is 1. The highest BCUT2D eigenvalue weighted by Gasteiger charge is 2.38. The van der Waals surface area contributed by atoms with Gasteiger partial charge in [0.25, 0.3) is 5.89 Å². The highest BCUT2D eigenvalue weighted by molar-refractivity contribution is 5.81. The van der Waals surface area contributed by atoms with E-state index in [0.717, 1.165) is 31.4 Å². The fourth-order valence-corrected chi connectivity index (χ4v) is 2.77. The van der Waals surface area contributed by atoms with E-state index in [4.69, 9.17) is 4.52 Å². The molecule has 108 valence electrons. The molecule has 3 heterocycles. The third kappa shape index (κ3) is 2.41. The van der Waals surface area contributed by atoms with Crippen molar-refractivity contribution < 1.29 is 9.32 Å². The summed E-state index contributed by atoms with van der Waals surface area (Å²) in [5.41, 5.74) is 0.820. The van der Waals surface area contributed by atoms with Crippen LogP contribution in [0, 0.1) is 5.92 Å². The molecule has 0 radical (unpaired) electrons. The minimum absolute atomic E-state index is 0.182. The van der Waals surface area contributed by atoms with Gasteiger partial charge in [-0.3, -0.25) is 9.78 Å². The molecule has 6 nitrogen and oxygen atoms in total. The summed E-state index contributed by atoms with van der Waals surface area (Å²) in [6, 6.07) is 3.73. The number of carbonyl (C=O) groups is 1. The van der Waals surface area contributed by atoms with Gasteiger partial charge in [0.15, 0.2) is 5.82 Å². The summed E-state index contributed by atoms with van der Waals surface area (Å²) in [5, 5.41) is 4.08. The first kappa shape index (κ1) is 12.5. The summed E-state index contributed by atoms with van der Waals surface area (Å²) in [6.07, 6.45) is 6.42. The summed E-state index contributed by atoms with van der Waals surface area (Å²) < 4.78 is 5.31. The van der Waals surface area contributed by atoms with E-state index < -0.39 is 0 Å². The zero-order valence-corrected chi connectivity index (χ0v) is 11.6. The molecule has 1 amide bonds. The molecule has 2 aromatic rings. The maximum Gasteiger partial charge on any atom is 0.259 e. The Labute approximate surface area is 122 Å². The van der Waals surface area contributed by atoms with Gasteiger partial charge in [-0.15, -0.1) is 0 Å². The van der Waals surface area contributed by atoms with Crippen LogP contribution in [0.5, 0.6) is 0 Å². The van der Waals surface area contributed by atoms with Gasteiger partial charge < -0.3 is 9.42 Å². The highest BCUT2D eigenvalue weighted by atomic mass is 16.5. The van der Waals surface area contributed by atoms with Gasteiger partial charge in [-0.2, -0.15) is 4.98 Å². The van der Waals surface area contributed by atoms with Gasteiger partial charge in [-0.25, -0.2) is 0 Å². The maximum absolute atomic E-state index is 12.1. The number of rotatable bonds is 3. The smallest absolute Gasteiger partial charge is 0.259 e. The van der Waals surface area contributed by atoms with Crippen LogP contribution in [-0.2, 0) is 4.79 Å². The van der Waals surface area contributed by atoms with Crippen LogP contribution >= 0.6 is 0 Å². The van der Waals surface area contributed by atoms with E-state index in [1.165, 1.54) is 0 Å². The minimum Gasteiger partial charge on any atom is -0.342 e. The average Bonchev–Trinajstić information content (AvgIpc) is 3.06. The molecular formula is C15H16N4O2. The fraction of sp³-hybridized carbons (Fsp3) is 0.467. The van der Waals surface area contributed by atoms with Crippen molar-refractivity contribution in [1.29, 1.82) is 0 Å². The van der Waals surface area contributed by atoms with Crippen molar-refractivity contribution >= 4 is 5.91 Å². The van der Waals surface area contributed by atoms with Gasteiger partial charge in [0.05, 0.1) is 5.56 Å². The molecule has 0 N–H and O–H groups in total. The Morgan fingerprint density at radius 2 is 2.24 bits per heavy atom. The molecule has 6 heteroatoms. The predicted octanol–water partition coefficient (Wildman–Crippen LogP) is 1.86. The molecule has 1 atom stereocenters. The Kier molecular flexibility index (Phi) is 2.94. The van der Waals surface area contributed by atoms with E-state index in [-0.39, 0.29) is 11.8 Å². The van der Waals surface area contributed by atoms with Crippen molar-refractivity contribution in [2.45, 2.75) is 25.2 Å². The molecule has 1 unspecified atom stereocenters. The first-order valence-corrected chi connectivity index (χ1v) is 7.34. The normalized spacial score (nSPS) is 21.7. The quantitative estimate of drug-likeness (QED) is 0.860. The second kappa shape index (κ2) is 4.95. The summed E-state index contributed by atoms with van der Waals surface area (Å²) in [4.78, 5) is 22.5. The number of carbonyl (C=O) groups excluding carboxylic acids is 1. The van der Waals surface area contributed by atoms with Crippen LogP contribution in [0.25, 0.3) is 11.5 Å². The summed E-state index contributed by atoms with van der Waals surface area (Å²) in [5.74, 6) is 1.94. The lowest BCUT2D eigenvalue weighted by Crippen LogP contribution is -2.29. The van der Waals surface area contributed by atoms with Crippen LogP contribution < -0.4 is 0 Å². The summed E-state index contributed by atoms with van der Waals surface area (Å²) in [7, 11) is 0. The second-order valence-corrected chi connectivity index (χ2v) is 5.74. The van der Waals surface area contributed by atoms with Gasteiger partial charge in [-0.05, 0) is 31.4 Å². The highest BCUT2D eigenvalue weighted by Crippen LogP contribution is 2.34. The van der Waals surface area contributed by atoms with Crippen LogP contribution in [-0.4, -0.2) is 39.0 Å². The second-order valence-electron chi connectivity index (χ2n) is 5.74. The van der Waals surface area contributed by atoms with Crippen molar-refractivity contribution in [3.8, 4) is 11.5 Å². The third-order valence-corrected chi connectivity index (χ3v) is 4.14. The molecule has 0 bridgehead atoms. The van der Waals surface area contributed by atoms with Crippen LogP contribution in [0.1, 0.15) is 31.0 Å². The molecule has 1 aliphatic carbocycles. The SMILES string of the molecule is O=C(C1CC1)N1CCC(c2noc(-c3cccnc3)n2)C1. The predicted molar refractivity (Wildman–Crippen MR) is 74.2 cm³/mol. The molecule has 1 aliphatic heterocycles. The van der Waals surface area contributed by atoms with Crippen LogP contribution in [0.15, 0.2) is 29.0 Å². The van der Waals surface area contributed by atoms with Gasteiger partial charge in [0, 0.05) is 37.3 Å². The minimum atomic E-state index is 0.182. The molecule has 1 saturated carbocycles. The lowest BCUT2D eigenvalue weighted by molar-refractivity contribution is -0.131. The Bertz CT molecular complexity index is 651. The van der Waals surface area contributed by atoms with E-state index >= 15 is 0 Å². The third-order valence-electron chi connectivity index (χ3n) is 4.14. The van der Waals surface area contributed by atoms with Crippen molar-refractivity contribution in [3.05, 3.63) is 30.4 Å². The Balaban J connectivity index is 1.48. The van der Waals surface area contributed by atoms with Gasteiger partial charge >= 0.3 is 0 Å². The Morgan fingerprint density at radius 3 is 3.00 bits per heavy atom. The van der Waals surface area contributed by atoms with E-state index in [9.17, 15) is 4.79 Å². The van der Waals surface area contributed by atoms with Gasteiger partial charge in [-0.1, -0.05) is 5.16 Å². The zero-order valence-electron chi connectivity index (χ0n) is 11.6. The Morgan fingerprint density at radius 1 is 1.33 bits per heavy atom. The number of hydrogen-bond acceptors (Lipinski definition) is 5. The number of hydrogen-bond donors (Lipinski definition) is 0. The number of nitrogens with zero attached hydrogens (tertiary/aromatic N) is 4. The van der Waals surface area contributed by atoms with Crippen LogP contribution in [0.4, 0.5) is 0 Å². The number of aromatic nitrogens is 3. The standard InChI is InChI=1S/C15H16N4O2/c20-15(10-3-4-10)19-7-5-12(9-19)13-17-14(21-18-13)11-2-1-6-16-8-11/h1-2,6,8,10,12H,3-5,7,9H2. The van der Waals surface area contributed by atoms with Crippen molar-refractivity contribution in [2.24, 2.45) is 5.92 Å². The molecular weight excluding hydrogens is 268 g/mol. The van der Waals surface area contributed by atoms with Gasteiger partial charge in [0.2, 0.25) is 5.91 Å². The monoisotopic (exact) mass is 284 g/mol. The molecule has 2 aromatic heterocycles.